The maximum Gasteiger partial charge on any atom is 0.306 e. The second-order valence-corrected chi connectivity index (χ2v) is 21.6. The van der Waals surface area contributed by atoms with Crippen molar-refractivity contribution in [1.29, 1.82) is 0 Å². The standard InChI is InChI=1S/C70H122O6/c1-4-7-10-13-16-19-22-24-26-28-29-30-31-32-33-34-35-36-37-38-39-40-41-43-44-46-48-51-54-57-60-63-69(72)75-66-67(65-74-68(71)62-59-56-53-50-21-18-15-12-9-6-3)76-70(73)64-61-58-55-52-49-47-45-42-27-25-23-20-17-14-11-8-5-2/h8,11-12,15,17,20,22,24-25,27-29,45,47,67H,4-7,9-10,13-14,16,18-19,21,23,26,30-44,46,48-66H2,1-3H3/b11-8-,15-12-,20-17-,24-22-,27-25-,29-28-,47-45-. The third kappa shape index (κ3) is 61.4. The molecule has 0 aromatic rings. The van der Waals surface area contributed by atoms with E-state index in [1.807, 2.05) is 0 Å². The molecule has 0 aromatic carbocycles. The summed E-state index contributed by atoms with van der Waals surface area (Å²) in [4.78, 5) is 38.2. The number of carbonyl (C=O) groups is 3. The van der Waals surface area contributed by atoms with E-state index >= 15 is 0 Å². The third-order valence-corrected chi connectivity index (χ3v) is 14.1. The summed E-state index contributed by atoms with van der Waals surface area (Å²) in [6.45, 7) is 6.45. The van der Waals surface area contributed by atoms with Crippen LogP contribution in [0.15, 0.2) is 85.1 Å². The molecular formula is C70H122O6. The Morgan fingerprint density at radius 3 is 0.868 bits per heavy atom. The molecule has 0 rings (SSSR count). The van der Waals surface area contributed by atoms with Crippen molar-refractivity contribution < 1.29 is 28.6 Å². The van der Waals surface area contributed by atoms with Gasteiger partial charge in [0.15, 0.2) is 6.10 Å². The Balaban J connectivity index is 4.14. The molecular weight excluding hydrogens is 937 g/mol. The van der Waals surface area contributed by atoms with Gasteiger partial charge in [0.05, 0.1) is 0 Å². The fraction of sp³-hybridized carbons (Fsp3) is 0.757. The van der Waals surface area contributed by atoms with Crippen molar-refractivity contribution in [1.82, 2.24) is 0 Å². The fourth-order valence-corrected chi connectivity index (χ4v) is 9.23. The number of hydrogen-bond donors (Lipinski definition) is 0. The van der Waals surface area contributed by atoms with Crippen LogP contribution in [0, 0.1) is 0 Å². The van der Waals surface area contributed by atoms with Crippen LogP contribution >= 0.6 is 0 Å². The maximum absolute atomic E-state index is 12.9. The van der Waals surface area contributed by atoms with E-state index in [0.717, 1.165) is 116 Å². The van der Waals surface area contributed by atoms with Crippen molar-refractivity contribution in [2.24, 2.45) is 0 Å². The molecule has 1 unspecified atom stereocenters. The van der Waals surface area contributed by atoms with Crippen molar-refractivity contribution in [2.45, 2.75) is 329 Å². The molecule has 0 saturated heterocycles. The summed E-state index contributed by atoms with van der Waals surface area (Å²) in [5, 5.41) is 0. The lowest BCUT2D eigenvalue weighted by Crippen LogP contribution is -2.30. The van der Waals surface area contributed by atoms with Crippen molar-refractivity contribution in [3.63, 3.8) is 0 Å². The average Bonchev–Trinajstić information content (AvgIpc) is 3.42. The normalized spacial score (nSPS) is 12.6. The molecule has 0 heterocycles. The van der Waals surface area contributed by atoms with E-state index < -0.39 is 6.10 Å². The topological polar surface area (TPSA) is 78.9 Å². The SMILES string of the molecule is CC/C=C\C/C=C\C/C=C\C/C=C\CCCCCCC(=O)OC(COC(=O)CCCCCCC/C=C\CCC)COC(=O)CCCCCCCCCCCCCCCCCCCCC/C=C\C/C=C\CCCCCCC. The second kappa shape index (κ2) is 64.1. The van der Waals surface area contributed by atoms with Gasteiger partial charge in [0.1, 0.15) is 13.2 Å². The molecule has 0 fully saturated rings. The first kappa shape index (κ1) is 72.6. The number of rotatable bonds is 59. The van der Waals surface area contributed by atoms with Crippen molar-refractivity contribution in [3.05, 3.63) is 85.1 Å². The van der Waals surface area contributed by atoms with Crippen LogP contribution in [0.3, 0.4) is 0 Å². The molecule has 0 aliphatic heterocycles. The highest BCUT2D eigenvalue weighted by Gasteiger charge is 2.19. The number of allylic oxidation sites excluding steroid dienone is 14. The molecule has 438 valence electrons. The smallest absolute Gasteiger partial charge is 0.306 e. The molecule has 6 heteroatoms. The predicted octanol–water partition coefficient (Wildman–Crippen LogP) is 22.3. The van der Waals surface area contributed by atoms with Gasteiger partial charge >= 0.3 is 17.9 Å². The zero-order valence-corrected chi connectivity index (χ0v) is 50.3. The number of esters is 3. The summed E-state index contributed by atoms with van der Waals surface area (Å²) in [7, 11) is 0. The highest BCUT2D eigenvalue weighted by Crippen LogP contribution is 2.17. The monoisotopic (exact) mass is 1060 g/mol. The van der Waals surface area contributed by atoms with E-state index in [1.54, 1.807) is 0 Å². The highest BCUT2D eigenvalue weighted by atomic mass is 16.6. The molecule has 0 aliphatic rings. The lowest BCUT2D eigenvalue weighted by atomic mass is 10.0. The number of ether oxygens (including phenoxy) is 3. The Morgan fingerprint density at radius 1 is 0.276 bits per heavy atom. The molecule has 76 heavy (non-hydrogen) atoms. The molecule has 0 N–H and O–H groups in total. The van der Waals surface area contributed by atoms with Crippen LogP contribution in [0.4, 0.5) is 0 Å². The molecule has 1 atom stereocenters. The lowest BCUT2D eigenvalue weighted by Gasteiger charge is -2.18. The summed E-state index contributed by atoms with van der Waals surface area (Å²) < 4.78 is 16.9. The molecule has 0 aromatic heterocycles. The van der Waals surface area contributed by atoms with E-state index in [1.165, 1.54) is 167 Å². The van der Waals surface area contributed by atoms with Crippen molar-refractivity contribution in [3.8, 4) is 0 Å². The van der Waals surface area contributed by atoms with Crippen LogP contribution in [0.5, 0.6) is 0 Å². The Morgan fingerprint density at radius 2 is 0.539 bits per heavy atom. The van der Waals surface area contributed by atoms with Crippen molar-refractivity contribution in [2.75, 3.05) is 13.2 Å². The van der Waals surface area contributed by atoms with Crippen molar-refractivity contribution >= 4 is 17.9 Å². The van der Waals surface area contributed by atoms with Crippen LogP contribution in [-0.2, 0) is 28.6 Å². The maximum atomic E-state index is 12.9. The van der Waals surface area contributed by atoms with E-state index in [4.69, 9.17) is 14.2 Å². The molecule has 0 bridgehead atoms. The summed E-state index contributed by atoms with van der Waals surface area (Å²) in [6, 6.07) is 0. The van der Waals surface area contributed by atoms with E-state index in [-0.39, 0.29) is 31.1 Å². The second-order valence-electron chi connectivity index (χ2n) is 21.6. The molecule has 0 radical (unpaired) electrons. The molecule has 0 amide bonds. The zero-order valence-electron chi connectivity index (χ0n) is 50.3. The molecule has 6 nitrogen and oxygen atoms in total. The van der Waals surface area contributed by atoms with Gasteiger partial charge in [-0.2, -0.15) is 0 Å². The van der Waals surface area contributed by atoms with E-state index in [9.17, 15) is 14.4 Å². The molecule has 0 aliphatic carbocycles. The minimum Gasteiger partial charge on any atom is -0.462 e. The van der Waals surface area contributed by atoms with Crippen LogP contribution in [0.2, 0.25) is 0 Å². The quantitative estimate of drug-likeness (QED) is 0.0261. The van der Waals surface area contributed by atoms with Gasteiger partial charge in [-0.3, -0.25) is 14.4 Å². The largest absolute Gasteiger partial charge is 0.462 e. The van der Waals surface area contributed by atoms with Gasteiger partial charge in [0, 0.05) is 19.3 Å². The molecule has 0 spiro atoms. The number of unbranched alkanes of at least 4 members (excludes halogenated alkanes) is 34. The zero-order chi connectivity index (χ0) is 55.0. The average molecular weight is 1060 g/mol. The first-order chi connectivity index (χ1) is 37.5. The summed E-state index contributed by atoms with van der Waals surface area (Å²) >= 11 is 0. The Kier molecular flexibility index (Phi) is 61.2. The van der Waals surface area contributed by atoms with Gasteiger partial charge < -0.3 is 14.2 Å². The lowest BCUT2D eigenvalue weighted by molar-refractivity contribution is -0.167. The van der Waals surface area contributed by atoms with Gasteiger partial charge in [-0.25, -0.2) is 0 Å². The molecule has 0 saturated carbocycles. The minimum absolute atomic E-state index is 0.0871. The van der Waals surface area contributed by atoms with Gasteiger partial charge in [-0.15, -0.1) is 0 Å². The number of hydrogen-bond acceptors (Lipinski definition) is 6. The summed E-state index contributed by atoms with van der Waals surface area (Å²) in [5.74, 6) is -0.912. The highest BCUT2D eigenvalue weighted by molar-refractivity contribution is 5.71. The number of carbonyl (C=O) groups excluding carboxylic acids is 3. The fourth-order valence-electron chi connectivity index (χ4n) is 9.23. The third-order valence-electron chi connectivity index (χ3n) is 14.1. The summed E-state index contributed by atoms with van der Waals surface area (Å²) in [6.07, 6.45) is 84.8. The van der Waals surface area contributed by atoms with Gasteiger partial charge in [0.2, 0.25) is 0 Å². The van der Waals surface area contributed by atoms with E-state index in [2.05, 4.69) is 106 Å². The van der Waals surface area contributed by atoms with Gasteiger partial charge in [-0.05, 0) is 109 Å². The first-order valence-corrected chi connectivity index (χ1v) is 32.6. The van der Waals surface area contributed by atoms with Crippen LogP contribution in [-0.4, -0.2) is 37.2 Å². The van der Waals surface area contributed by atoms with Crippen LogP contribution < -0.4 is 0 Å². The van der Waals surface area contributed by atoms with Crippen LogP contribution in [0.1, 0.15) is 323 Å². The Hall–Kier alpha value is -3.41. The van der Waals surface area contributed by atoms with Crippen LogP contribution in [0.25, 0.3) is 0 Å². The van der Waals surface area contributed by atoms with Gasteiger partial charge in [-0.1, -0.05) is 279 Å². The van der Waals surface area contributed by atoms with E-state index in [0.29, 0.717) is 19.3 Å². The first-order valence-electron chi connectivity index (χ1n) is 32.6. The Labute approximate surface area is 471 Å². The minimum atomic E-state index is -0.792. The Bertz CT molecular complexity index is 1450. The summed E-state index contributed by atoms with van der Waals surface area (Å²) in [5.41, 5.74) is 0. The predicted molar refractivity (Wildman–Crippen MR) is 330 cm³/mol. The van der Waals surface area contributed by atoms with Gasteiger partial charge in [0.25, 0.3) is 0 Å².